The van der Waals surface area contributed by atoms with Crippen LogP contribution in [0.4, 0.5) is 5.69 Å². The van der Waals surface area contributed by atoms with Gasteiger partial charge in [-0.25, -0.2) is 4.98 Å². The van der Waals surface area contributed by atoms with E-state index in [0.29, 0.717) is 5.69 Å². The average molecular weight is 297 g/mol. The van der Waals surface area contributed by atoms with Gasteiger partial charge < -0.3 is 10.4 Å². The largest absolute Gasteiger partial charge is 0.508 e. The second kappa shape index (κ2) is 5.47. The minimum Gasteiger partial charge on any atom is -0.508 e. The quantitative estimate of drug-likeness (QED) is 0.657. The summed E-state index contributed by atoms with van der Waals surface area (Å²) in [7, 11) is 0. The van der Waals surface area contributed by atoms with E-state index in [0.717, 1.165) is 5.56 Å². The highest BCUT2D eigenvalue weighted by molar-refractivity contribution is 6.35. The standard InChI is InChI=1S/C13H10Cl2N2O2/c1-7-6-8(18)2-4-10(7)16-13(19)12-9(14)3-5-11(15)17-12/h2-6,18H,1H3,(H,16,19). The van der Waals surface area contributed by atoms with Crippen LogP contribution in [0.5, 0.6) is 5.75 Å². The maximum Gasteiger partial charge on any atom is 0.275 e. The van der Waals surface area contributed by atoms with Crippen LogP contribution in [0.3, 0.4) is 0 Å². The number of phenols is 1. The lowest BCUT2D eigenvalue weighted by Crippen LogP contribution is -2.15. The van der Waals surface area contributed by atoms with Gasteiger partial charge in [0.05, 0.1) is 5.02 Å². The van der Waals surface area contributed by atoms with Crippen LogP contribution in [0.25, 0.3) is 0 Å². The lowest BCUT2D eigenvalue weighted by Gasteiger charge is -2.09. The van der Waals surface area contributed by atoms with E-state index in [1.54, 1.807) is 19.1 Å². The summed E-state index contributed by atoms with van der Waals surface area (Å²) < 4.78 is 0. The zero-order valence-corrected chi connectivity index (χ0v) is 11.5. The van der Waals surface area contributed by atoms with Crippen molar-refractivity contribution in [2.45, 2.75) is 6.92 Å². The van der Waals surface area contributed by atoms with Crippen molar-refractivity contribution in [2.75, 3.05) is 5.32 Å². The van der Waals surface area contributed by atoms with Gasteiger partial charge in [-0.3, -0.25) is 4.79 Å². The summed E-state index contributed by atoms with van der Waals surface area (Å²) >= 11 is 11.6. The molecule has 19 heavy (non-hydrogen) atoms. The molecule has 0 aliphatic carbocycles. The van der Waals surface area contributed by atoms with Crippen molar-refractivity contribution in [3.05, 3.63) is 51.8 Å². The van der Waals surface area contributed by atoms with Crippen molar-refractivity contribution in [3.63, 3.8) is 0 Å². The second-order valence-corrected chi connectivity index (χ2v) is 4.71. The van der Waals surface area contributed by atoms with Crippen LogP contribution in [0, 0.1) is 6.92 Å². The number of hydrogen-bond acceptors (Lipinski definition) is 3. The van der Waals surface area contributed by atoms with Crippen LogP contribution in [0.15, 0.2) is 30.3 Å². The molecule has 0 unspecified atom stereocenters. The number of aromatic hydroxyl groups is 1. The van der Waals surface area contributed by atoms with E-state index in [9.17, 15) is 9.90 Å². The van der Waals surface area contributed by atoms with Gasteiger partial charge >= 0.3 is 0 Å². The number of hydrogen-bond donors (Lipinski definition) is 2. The number of amides is 1. The first-order chi connectivity index (χ1) is 8.97. The Bertz CT molecular complexity index is 645. The van der Waals surface area contributed by atoms with E-state index in [1.807, 2.05) is 0 Å². The highest BCUT2D eigenvalue weighted by atomic mass is 35.5. The number of nitrogens with zero attached hydrogens (tertiary/aromatic N) is 1. The molecule has 0 atom stereocenters. The monoisotopic (exact) mass is 296 g/mol. The van der Waals surface area contributed by atoms with Crippen LogP contribution in [0.1, 0.15) is 16.1 Å². The minimum absolute atomic E-state index is 0.0571. The molecule has 4 nitrogen and oxygen atoms in total. The number of benzene rings is 1. The Labute approximate surface area is 120 Å². The van der Waals surface area contributed by atoms with Gasteiger partial charge in [0.25, 0.3) is 5.91 Å². The molecule has 0 saturated heterocycles. The number of pyridine rings is 1. The number of aromatic nitrogens is 1. The third-order valence-corrected chi connectivity index (χ3v) is 3.00. The lowest BCUT2D eigenvalue weighted by atomic mass is 10.2. The molecule has 0 aliphatic rings. The molecule has 0 spiro atoms. The number of halogens is 2. The highest BCUT2D eigenvalue weighted by Gasteiger charge is 2.14. The molecule has 1 amide bonds. The fraction of sp³-hybridized carbons (Fsp3) is 0.0769. The van der Waals surface area contributed by atoms with Gasteiger partial charge in [-0.05, 0) is 42.8 Å². The topological polar surface area (TPSA) is 62.2 Å². The molecule has 0 bridgehead atoms. The van der Waals surface area contributed by atoms with Crippen molar-refractivity contribution in [1.29, 1.82) is 0 Å². The molecule has 6 heteroatoms. The summed E-state index contributed by atoms with van der Waals surface area (Å²) in [6.45, 7) is 1.77. The smallest absolute Gasteiger partial charge is 0.275 e. The first-order valence-corrected chi connectivity index (χ1v) is 6.16. The number of rotatable bonds is 2. The van der Waals surface area contributed by atoms with E-state index in [1.165, 1.54) is 18.2 Å². The number of carbonyl (C=O) groups is 1. The van der Waals surface area contributed by atoms with Crippen molar-refractivity contribution < 1.29 is 9.90 Å². The van der Waals surface area contributed by atoms with Crippen LogP contribution >= 0.6 is 23.2 Å². The Hall–Kier alpha value is -1.78. The number of anilines is 1. The van der Waals surface area contributed by atoms with Crippen LogP contribution < -0.4 is 5.32 Å². The molecule has 1 aromatic carbocycles. The Morgan fingerprint density at radius 1 is 1.26 bits per heavy atom. The normalized spacial score (nSPS) is 10.3. The molecule has 0 radical (unpaired) electrons. The zero-order chi connectivity index (χ0) is 14.0. The number of phenolic OH excluding ortho intramolecular Hbond substituents is 1. The molecule has 2 aromatic rings. The molecule has 1 heterocycles. The third kappa shape index (κ3) is 3.16. The van der Waals surface area contributed by atoms with Crippen LogP contribution in [-0.4, -0.2) is 16.0 Å². The lowest BCUT2D eigenvalue weighted by molar-refractivity contribution is 0.102. The van der Waals surface area contributed by atoms with Crippen LogP contribution in [0.2, 0.25) is 10.2 Å². The summed E-state index contributed by atoms with van der Waals surface area (Å²) in [5, 5.41) is 12.4. The van der Waals surface area contributed by atoms with Crippen molar-refractivity contribution >= 4 is 34.8 Å². The van der Waals surface area contributed by atoms with Gasteiger partial charge in [0.15, 0.2) is 0 Å². The number of carbonyl (C=O) groups excluding carboxylic acids is 1. The summed E-state index contributed by atoms with van der Waals surface area (Å²) in [6, 6.07) is 7.64. The molecular weight excluding hydrogens is 287 g/mol. The fourth-order valence-corrected chi connectivity index (χ4v) is 1.89. The Morgan fingerprint density at radius 2 is 2.00 bits per heavy atom. The Morgan fingerprint density at radius 3 is 2.68 bits per heavy atom. The minimum atomic E-state index is -0.457. The molecule has 2 rings (SSSR count). The van der Waals surface area contributed by atoms with E-state index >= 15 is 0 Å². The van der Waals surface area contributed by atoms with Gasteiger partial charge in [0, 0.05) is 5.69 Å². The molecule has 0 fully saturated rings. The Kier molecular flexibility index (Phi) is 3.93. The van der Waals surface area contributed by atoms with Crippen molar-refractivity contribution in [3.8, 4) is 5.75 Å². The first kappa shape index (κ1) is 13.6. The summed E-state index contributed by atoms with van der Waals surface area (Å²) in [6.07, 6.45) is 0. The maximum atomic E-state index is 12.0. The van der Waals surface area contributed by atoms with Gasteiger partial charge in [0.1, 0.15) is 16.6 Å². The van der Waals surface area contributed by atoms with E-state index in [2.05, 4.69) is 10.3 Å². The summed E-state index contributed by atoms with van der Waals surface area (Å²) in [5.41, 5.74) is 1.36. The van der Waals surface area contributed by atoms with Crippen molar-refractivity contribution in [1.82, 2.24) is 4.98 Å². The Balaban J connectivity index is 2.28. The number of nitrogens with one attached hydrogen (secondary N) is 1. The predicted molar refractivity (Wildman–Crippen MR) is 75.1 cm³/mol. The molecular formula is C13H10Cl2N2O2. The third-order valence-electron chi connectivity index (χ3n) is 2.49. The molecule has 2 N–H and O–H groups in total. The summed E-state index contributed by atoms with van der Waals surface area (Å²) in [5.74, 6) is -0.323. The van der Waals surface area contributed by atoms with Crippen molar-refractivity contribution in [2.24, 2.45) is 0 Å². The highest BCUT2D eigenvalue weighted by Crippen LogP contribution is 2.22. The predicted octanol–water partition coefficient (Wildman–Crippen LogP) is 3.65. The number of aryl methyl sites for hydroxylation is 1. The average Bonchev–Trinajstić information content (AvgIpc) is 2.35. The van der Waals surface area contributed by atoms with E-state index in [4.69, 9.17) is 23.2 Å². The molecule has 1 aromatic heterocycles. The zero-order valence-electron chi connectivity index (χ0n) is 9.95. The SMILES string of the molecule is Cc1cc(O)ccc1NC(=O)c1nc(Cl)ccc1Cl. The van der Waals surface area contributed by atoms with Gasteiger partial charge in [-0.2, -0.15) is 0 Å². The summed E-state index contributed by atoms with van der Waals surface area (Å²) in [4.78, 5) is 15.9. The van der Waals surface area contributed by atoms with Crippen LogP contribution in [-0.2, 0) is 0 Å². The van der Waals surface area contributed by atoms with E-state index < -0.39 is 5.91 Å². The second-order valence-electron chi connectivity index (χ2n) is 3.92. The maximum absolute atomic E-state index is 12.0. The van der Waals surface area contributed by atoms with Gasteiger partial charge in [-0.1, -0.05) is 23.2 Å². The molecule has 98 valence electrons. The molecule has 0 aliphatic heterocycles. The molecule has 0 saturated carbocycles. The van der Waals surface area contributed by atoms with E-state index in [-0.39, 0.29) is 21.6 Å². The van der Waals surface area contributed by atoms with Gasteiger partial charge in [-0.15, -0.1) is 0 Å². The fourth-order valence-electron chi connectivity index (χ4n) is 1.55. The van der Waals surface area contributed by atoms with Gasteiger partial charge in [0.2, 0.25) is 0 Å². The first-order valence-electron chi connectivity index (χ1n) is 5.40.